The molecule has 2 aliphatic rings. The summed E-state index contributed by atoms with van der Waals surface area (Å²) >= 11 is 1.74. The van der Waals surface area contributed by atoms with E-state index in [0.29, 0.717) is 0 Å². The van der Waals surface area contributed by atoms with Gasteiger partial charge >= 0.3 is 0 Å². The zero-order valence-corrected chi connectivity index (χ0v) is 10.9. The summed E-state index contributed by atoms with van der Waals surface area (Å²) in [6, 6.07) is 0. The van der Waals surface area contributed by atoms with Crippen molar-refractivity contribution in [1.82, 2.24) is 20.7 Å². The van der Waals surface area contributed by atoms with Crippen LogP contribution in [0.2, 0.25) is 0 Å². The SMILES string of the molecule is CC1=C2NNC(c3nc(C)sc3C)N2CC=N1. The van der Waals surface area contributed by atoms with Crippen LogP contribution in [0.4, 0.5) is 0 Å². The van der Waals surface area contributed by atoms with Gasteiger partial charge in [-0.05, 0) is 20.8 Å². The van der Waals surface area contributed by atoms with E-state index < -0.39 is 0 Å². The molecule has 0 radical (unpaired) electrons. The van der Waals surface area contributed by atoms with E-state index in [9.17, 15) is 0 Å². The maximum atomic E-state index is 4.62. The molecule has 0 spiro atoms. The molecule has 5 nitrogen and oxygen atoms in total. The van der Waals surface area contributed by atoms with Crippen LogP contribution in [-0.2, 0) is 0 Å². The summed E-state index contributed by atoms with van der Waals surface area (Å²) in [6.07, 6.45) is 2.05. The number of fused-ring (bicyclic) bond motifs is 1. The van der Waals surface area contributed by atoms with Crippen LogP contribution in [0.1, 0.15) is 28.7 Å². The summed E-state index contributed by atoms with van der Waals surface area (Å²) in [6.45, 7) is 6.99. The van der Waals surface area contributed by atoms with Gasteiger partial charge in [0.25, 0.3) is 0 Å². The Morgan fingerprint density at radius 2 is 2.24 bits per heavy atom. The Kier molecular flexibility index (Phi) is 2.41. The first-order chi connectivity index (χ1) is 8.16. The van der Waals surface area contributed by atoms with Gasteiger partial charge in [-0.25, -0.2) is 10.4 Å². The van der Waals surface area contributed by atoms with Crippen LogP contribution in [0.3, 0.4) is 0 Å². The Bertz CT molecular complexity index is 516. The molecule has 0 bridgehead atoms. The van der Waals surface area contributed by atoms with Crippen molar-refractivity contribution in [2.45, 2.75) is 26.9 Å². The molecule has 2 aliphatic heterocycles. The largest absolute Gasteiger partial charge is 0.328 e. The second kappa shape index (κ2) is 3.82. The number of hydrogen-bond donors (Lipinski definition) is 2. The zero-order chi connectivity index (χ0) is 12.0. The molecule has 1 aromatic heterocycles. The van der Waals surface area contributed by atoms with Crippen molar-refractivity contribution < 1.29 is 0 Å². The first-order valence-corrected chi connectivity index (χ1v) is 6.44. The zero-order valence-electron chi connectivity index (χ0n) is 10.1. The molecule has 6 heteroatoms. The molecule has 2 N–H and O–H groups in total. The van der Waals surface area contributed by atoms with Crippen LogP contribution in [0.25, 0.3) is 0 Å². The molecule has 17 heavy (non-hydrogen) atoms. The van der Waals surface area contributed by atoms with Crippen molar-refractivity contribution in [3.05, 3.63) is 27.1 Å². The highest BCUT2D eigenvalue weighted by molar-refractivity contribution is 7.11. The molecule has 0 amide bonds. The van der Waals surface area contributed by atoms with E-state index in [2.05, 4.69) is 32.7 Å². The van der Waals surface area contributed by atoms with E-state index in [-0.39, 0.29) is 6.17 Å². The summed E-state index contributed by atoms with van der Waals surface area (Å²) < 4.78 is 0. The quantitative estimate of drug-likeness (QED) is 0.791. The van der Waals surface area contributed by atoms with E-state index >= 15 is 0 Å². The van der Waals surface area contributed by atoms with Crippen LogP contribution in [-0.4, -0.2) is 22.6 Å². The smallest absolute Gasteiger partial charge is 0.142 e. The van der Waals surface area contributed by atoms with Crippen molar-refractivity contribution >= 4 is 17.6 Å². The van der Waals surface area contributed by atoms with Crippen molar-refractivity contribution in [2.24, 2.45) is 4.99 Å². The van der Waals surface area contributed by atoms with E-state index in [1.165, 1.54) is 4.88 Å². The van der Waals surface area contributed by atoms with E-state index in [4.69, 9.17) is 0 Å². The first-order valence-electron chi connectivity index (χ1n) is 5.62. The van der Waals surface area contributed by atoms with Crippen molar-refractivity contribution in [3.8, 4) is 0 Å². The van der Waals surface area contributed by atoms with E-state index in [1.807, 2.05) is 20.1 Å². The van der Waals surface area contributed by atoms with Crippen molar-refractivity contribution in [2.75, 3.05) is 6.54 Å². The van der Waals surface area contributed by atoms with Gasteiger partial charge in [0, 0.05) is 11.1 Å². The third kappa shape index (κ3) is 1.64. The van der Waals surface area contributed by atoms with Crippen LogP contribution in [0.15, 0.2) is 16.5 Å². The number of nitrogens with one attached hydrogen (secondary N) is 2. The number of thiazole rings is 1. The maximum absolute atomic E-state index is 4.62. The van der Waals surface area contributed by atoms with E-state index in [1.54, 1.807) is 11.3 Å². The van der Waals surface area contributed by atoms with Crippen LogP contribution >= 0.6 is 11.3 Å². The Balaban J connectivity index is 1.97. The highest BCUT2D eigenvalue weighted by Gasteiger charge is 2.33. The summed E-state index contributed by atoms with van der Waals surface area (Å²) in [5, 5.41) is 1.11. The van der Waals surface area contributed by atoms with Gasteiger partial charge in [0.05, 0.1) is 22.9 Å². The standard InChI is InChI=1S/C11H15N5S/c1-6-10-14-15-11(16(10)5-4-12-6)9-7(2)17-8(3)13-9/h4,11,14-15H,5H2,1-3H3. The Hall–Kier alpha value is -1.40. The molecule has 3 heterocycles. The van der Waals surface area contributed by atoms with Gasteiger partial charge in [0.2, 0.25) is 0 Å². The normalized spacial score (nSPS) is 23.0. The predicted molar refractivity (Wildman–Crippen MR) is 68.5 cm³/mol. The first kappa shape index (κ1) is 10.7. The average Bonchev–Trinajstić information content (AvgIpc) is 2.83. The highest BCUT2D eigenvalue weighted by atomic mass is 32.1. The lowest BCUT2D eigenvalue weighted by atomic mass is 10.2. The number of aryl methyl sites for hydroxylation is 2. The van der Waals surface area contributed by atoms with Crippen LogP contribution in [0, 0.1) is 13.8 Å². The summed E-state index contributed by atoms with van der Waals surface area (Å²) in [5.74, 6) is 1.06. The van der Waals surface area contributed by atoms with Gasteiger partial charge in [0.1, 0.15) is 12.0 Å². The Labute approximate surface area is 104 Å². The number of allylic oxidation sites excluding steroid dienone is 1. The molecular formula is C11H15N5S. The third-order valence-electron chi connectivity index (χ3n) is 3.03. The maximum Gasteiger partial charge on any atom is 0.142 e. The fourth-order valence-corrected chi connectivity index (χ4v) is 3.10. The molecule has 90 valence electrons. The van der Waals surface area contributed by atoms with Gasteiger partial charge in [-0.2, -0.15) is 0 Å². The molecule has 0 aliphatic carbocycles. The number of aliphatic imine (C=N–C) groups is 1. The lowest BCUT2D eigenvalue weighted by molar-refractivity contribution is 0.305. The van der Waals surface area contributed by atoms with Gasteiger partial charge in [-0.3, -0.25) is 4.99 Å². The number of aromatic nitrogens is 1. The number of nitrogens with zero attached hydrogens (tertiary/aromatic N) is 3. The molecule has 1 fully saturated rings. The Morgan fingerprint density at radius 3 is 2.94 bits per heavy atom. The van der Waals surface area contributed by atoms with Gasteiger partial charge < -0.3 is 10.3 Å². The lowest BCUT2D eigenvalue weighted by Crippen LogP contribution is -2.31. The summed E-state index contributed by atoms with van der Waals surface area (Å²) in [7, 11) is 0. The Morgan fingerprint density at radius 1 is 1.41 bits per heavy atom. The molecule has 1 saturated heterocycles. The van der Waals surface area contributed by atoms with Gasteiger partial charge in [-0.15, -0.1) is 11.3 Å². The molecule has 1 atom stereocenters. The van der Waals surface area contributed by atoms with Gasteiger partial charge in [-0.1, -0.05) is 0 Å². The second-order valence-corrected chi connectivity index (χ2v) is 5.65. The second-order valence-electron chi connectivity index (χ2n) is 4.24. The molecular weight excluding hydrogens is 234 g/mol. The van der Waals surface area contributed by atoms with Crippen LogP contribution in [0.5, 0.6) is 0 Å². The summed E-state index contributed by atoms with van der Waals surface area (Å²) in [5.41, 5.74) is 8.60. The predicted octanol–water partition coefficient (Wildman–Crippen LogP) is 1.44. The molecule has 3 rings (SSSR count). The van der Waals surface area contributed by atoms with Crippen LogP contribution < -0.4 is 10.9 Å². The lowest BCUT2D eigenvalue weighted by Gasteiger charge is -2.25. The monoisotopic (exact) mass is 249 g/mol. The summed E-state index contributed by atoms with van der Waals surface area (Å²) in [4.78, 5) is 12.5. The van der Waals surface area contributed by atoms with Crippen molar-refractivity contribution in [1.29, 1.82) is 0 Å². The number of rotatable bonds is 1. The minimum Gasteiger partial charge on any atom is -0.328 e. The molecule has 0 saturated carbocycles. The van der Waals surface area contributed by atoms with Gasteiger partial charge in [0.15, 0.2) is 0 Å². The fraction of sp³-hybridized carbons (Fsp3) is 0.455. The van der Waals surface area contributed by atoms with Crippen molar-refractivity contribution in [3.63, 3.8) is 0 Å². The van der Waals surface area contributed by atoms with E-state index in [0.717, 1.165) is 28.8 Å². The molecule has 1 aromatic rings. The fourth-order valence-electron chi connectivity index (χ4n) is 2.25. The topological polar surface area (TPSA) is 52.6 Å². The number of hydrogen-bond acceptors (Lipinski definition) is 6. The third-order valence-corrected chi connectivity index (χ3v) is 3.93. The minimum atomic E-state index is 0.108. The highest BCUT2D eigenvalue weighted by Crippen LogP contribution is 2.31. The molecule has 0 aromatic carbocycles. The number of hydrazine groups is 1. The average molecular weight is 249 g/mol. The minimum absolute atomic E-state index is 0.108. The molecule has 1 unspecified atom stereocenters.